The lowest BCUT2D eigenvalue weighted by atomic mass is 10.1. The molecule has 0 aromatic carbocycles. The lowest BCUT2D eigenvalue weighted by Crippen LogP contribution is -2.36. The molecule has 1 aliphatic rings. The van der Waals surface area contributed by atoms with Crippen molar-refractivity contribution in [1.29, 1.82) is 0 Å². The number of hydrogen-bond donors (Lipinski definition) is 3. The van der Waals surface area contributed by atoms with Crippen LogP contribution in [0.1, 0.15) is 25.7 Å². The van der Waals surface area contributed by atoms with Crippen molar-refractivity contribution in [2.24, 2.45) is 0 Å². The van der Waals surface area contributed by atoms with Gasteiger partial charge in [0.1, 0.15) is 6.04 Å². The molecule has 8 heteroatoms. The van der Waals surface area contributed by atoms with E-state index in [1.54, 1.807) is 0 Å². The van der Waals surface area contributed by atoms with Gasteiger partial charge in [-0.1, -0.05) is 6.42 Å². The summed E-state index contributed by atoms with van der Waals surface area (Å²) in [7, 11) is 0. The monoisotopic (exact) mass is 304 g/mol. The lowest BCUT2D eigenvalue weighted by molar-refractivity contribution is -0.134. The van der Waals surface area contributed by atoms with Gasteiger partial charge in [-0.2, -0.15) is 11.8 Å². The normalized spacial score (nSPS) is 18.4. The second-order valence-electron chi connectivity index (χ2n) is 4.52. The van der Waals surface area contributed by atoms with E-state index >= 15 is 0 Å². The molecule has 0 bridgehead atoms. The van der Waals surface area contributed by atoms with Gasteiger partial charge in [0.2, 0.25) is 0 Å². The topological polar surface area (TPSA) is 107 Å². The number of carboxylic acids is 1. The average Bonchev–Trinajstić information content (AvgIpc) is 2.65. The van der Waals surface area contributed by atoms with Crippen LogP contribution in [0.15, 0.2) is 0 Å². The van der Waals surface area contributed by atoms with Crippen molar-refractivity contribution in [2.45, 2.75) is 31.7 Å². The Morgan fingerprint density at radius 2 is 2.05 bits per heavy atom. The summed E-state index contributed by atoms with van der Waals surface area (Å²) in [4.78, 5) is 35.0. The van der Waals surface area contributed by atoms with E-state index in [0.29, 0.717) is 19.4 Å². The number of amides is 3. The highest BCUT2D eigenvalue weighted by Gasteiger charge is 2.36. The Balaban J connectivity index is 2.27. The molecule has 0 aromatic heterocycles. The number of thioether (sulfide) groups is 1. The minimum atomic E-state index is -0.828. The van der Waals surface area contributed by atoms with Gasteiger partial charge in [0.05, 0.1) is 5.75 Å². The zero-order valence-electron chi connectivity index (χ0n) is 11.2. The molecule has 114 valence electrons. The number of urea groups is 1. The van der Waals surface area contributed by atoms with Crippen LogP contribution in [0.2, 0.25) is 0 Å². The molecule has 20 heavy (non-hydrogen) atoms. The Morgan fingerprint density at radius 3 is 2.70 bits per heavy atom. The first-order valence-electron chi connectivity index (χ1n) is 6.58. The van der Waals surface area contributed by atoms with Gasteiger partial charge in [0, 0.05) is 13.2 Å². The predicted molar refractivity (Wildman–Crippen MR) is 74.5 cm³/mol. The predicted octanol–water partition coefficient (Wildman–Crippen LogP) is 0.277. The number of carbonyl (C=O) groups is 3. The molecule has 1 heterocycles. The van der Waals surface area contributed by atoms with Gasteiger partial charge in [0.25, 0.3) is 5.91 Å². The van der Waals surface area contributed by atoms with Gasteiger partial charge in [-0.05, 0) is 25.0 Å². The minimum absolute atomic E-state index is 0.0173. The third-order valence-corrected chi connectivity index (χ3v) is 4.00. The van der Waals surface area contributed by atoms with Gasteiger partial charge in [-0.15, -0.1) is 0 Å². The molecule has 1 saturated heterocycles. The number of aliphatic hydroxyl groups is 1. The first-order chi connectivity index (χ1) is 9.56. The number of unbranched alkanes of at least 4 members (excludes halogenated alkanes) is 1. The number of aliphatic hydroxyl groups excluding tert-OH is 1. The molecule has 0 aliphatic carbocycles. The number of carboxylic acid groups (broad SMARTS) is 1. The standard InChI is InChI=1S/C12H20N2O5S/c15-6-3-5-14-9(11(18)13-12(14)19)4-1-2-7-20-8-10(16)17/h9,15H,1-8H2,(H,16,17)(H,13,18,19). The number of hydrogen-bond acceptors (Lipinski definition) is 5. The first-order valence-corrected chi connectivity index (χ1v) is 7.73. The van der Waals surface area contributed by atoms with E-state index in [-0.39, 0.29) is 18.3 Å². The highest BCUT2D eigenvalue weighted by Crippen LogP contribution is 2.16. The molecule has 1 aliphatic heterocycles. The maximum absolute atomic E-state index is 11.6. The van der Waals surface area contributed by atoms with Crippen LogP contribution >= 0.6 is 11.8 Å². The summed E-state index contributed by atoms with van der Waals surface area (Å²) in [6.45, 7) is 0.350. The Morgan fingerprint density at radius 1 is 1.30 bits per heavy atom. The van der Waals surface area contributed by atoms with E-state index in [9.17, 15) is 14.4 Å². The minimum Gasteiger partial charge on any atom is -0.481 e. The Bertz CT molecular complexity index is 364. The number of imide groups is 1. The number of nitrogens with zero attached hydrogens (tertiary/aromatic N) is 1. The molecule has 0 spiro atoms. The number of carbonyl (C=O) groups excluding carboxylic acids is 2. The SMILES string of the molecule is O=C(O)CSCCCCC1C(=O)NC(=O)N1CCCO. The lowest BCUT2D eigenvalue weighted by Gasteiger charge is -2.21. The summed E-state index contributed by atoms with van der Waals surface area (Å²) in [6, 6.07) is -0.854. The molecule has 3 amide bonds. The van der Waals surface area contributed by atoms with Crippen LogP contribution in [-0.2, 0) is 9.59 Å². The smallest absolute Gasteiger partial charge is 0.324 e. The van der Waals surface area contributed by atoms with Gasteiger partial charge in [-0.25, -0.2) is 4.79 Å². The van der Waals surface area contributed by atoms with Crippen LogP contribution in [0, 0.1) is 0 Å². The van der Waals surface area contributed by atoms with E-state index in [1.165, 1.54) is 16.7 Å². The summed E-state index contributed by atoms with van der Waals surface area (Å²) in [5.74, 6) is -0.298. The molecular formula is C12H20N2O5S. The molecule has 7 nitrogen and oxygen atoms in total. The van der Waals surface area contributed by atoms with Crippen LogP contribution in [0.4, 0.5) is 4.79 Å². The van der Waals surface area contributed by atoms with Crippen molar-refractivity contribution in [2.75, 3.05) is 24.7 Å². The summed E-state index contributed by atoms with van der Waals surface area (Å²) in [6.07, 6.45) is 2.58. The fraction of sp³-hybridized carbons (Fsp3) is 0.750. The first kappa shape index (κ1) is 16.8. The van der Waals surface area contributed by atoms with Gasteiger partial charge in [-0.3, -0.25) is 14.9 Å². The fourth-order valence-electron chi connectivity index (χ4n) is 2.03. The highest BCUT2D eigenvalue weighted by atomic mass is 32.2. The van der Waals surface area contributed by atoms with Crippen molar-refractivity contribution in [1.82, 2.24) is 10.2 Å². The number of rotatable bonds is 10. The molecule has 1 fully saturated rings. The van der Waals surface area contributed by atoms with E-state index < -0.39 is 18.0 Å². The fourth-order valence-corrected chi connectivity index (χ4v) is 2.76. The second kappa shape index (κ2) is 8.80. The van der Waals surface area contributed by atoms with Crippen molar-refractivity contribution in [3.05, 3.63) is 0 Å². The third kappa shape index (κ3) is 5.38. The van der Waals surface area contributed by atoms with Crippen LogP contribution < -0.4 is 5.32 Å². The van der Waals surface area contributed by atoms with Crippen LogP contribution in [-0.4, -0.2) is 63.7 Å². The van der Waals surface area contributed by atoms with Crippen molar-refractivity contribution in [3.8, 4) is 0 Å². The van der Waals surface area contributed by atoms with Crippen molar-refractivity contribution < 1.29 is 24.6 Å². The average molecular weight is 304 g/mol. The summed E-state index contributed by atoms with van der Waals surface area (Å²) >= 11 is 1.35. The van der Waals surface area contributed by atoms with Crippen molar-refractivity contribution >= 4 is 29.7 Å². The molecule has 1 rings (SSSR count). The van der Waals surface area contributed by atoms with Gasteiger partial charge >= 0.3 is 12.0 Å². The molecule has 0 saturated carbocycles. The molecule has 3 N–H and O–H groups in total. The Kier molecular flexibility index (Phi) is 7.38. The molecular weight excluding hydrogens is 284 g/mol. The summed E-state index contributed by atoms with van der Waals surface area (Å²) in [5, 5.41) is 19.6. The van der Waals surface area contributed by atoms with Crippen molar-refractivity contribution in [3.63, 3.8) is 0 Å². The van der Waals surface area contributed by atoms with Gasteiger partial charge in [0.15, 0.2) is 0 Å². The maximum Gasteiger partial charge on any atom is 0.324 e. The van der Waals surface area contributed by atoms with E-state index in [2.05, 4.69) is 5.32 Å². The third-order valence-electron chi connectivity index (χ3n) is 2.97. The Hall–Kier alpha value is -1.28. The summed E-state index contributed by atoms with van der Waals surface area (Å²) < 4.78 is 0. The maximum atomic E-state index is 11.6. The molecule has 1 atom stereocenters. The van der Waals surface area contributed by atoms with Crippen LogP contribution in [0.25, 0.3) is 0 Å². The quantitative estimate of drug-likeness (QED) is 0.395. The molecule has 0 aromatic rings. The Labute approximate surface area is 121 Å². The van der Waals surface area contributed by atoms with Gasteiger partial charge < -0.3 is 15.1 Å². The van der Waals surface area contributed by atoms with Crippen LogP contribution in [0.3, 0.4) is 0 Å². The highest BCUT2D eigenvalue weighted by molar-refractivity contribution is 7.99. The zero-order valence-corrected chi connectivity index (χ0v) is 12.0. The van der Waals surface area contributed by atoms with E-state index in [0.717, 1.165) is 18.6 Å². The largest absolute Gasteiger partial charge is 0.481 e. The molecule has 1 unspecified atom stereocenters. The second-order valence-corrected chi connectivity index (χ2v) is 5.63. The number of aliphatic carboxylic acids is 1. The van der Waals surface area contributed by atoms with E-state index in [4.69, 9.17) is 10.2 Å². The number of nitrogens with one attached hydrogen (secondary N) is 1. The zero-order chi connectivity index (χ0) is 15.0. The molecule has 0 radical (unpaired) electrons. The summed E-state index contributed by atoms with van der Waals surface area (Å²) in [5.41, 5.74) is 0. The van der Waals surface area contributed by atoms with E-state index in [1.807, 2.05) is 0 Å². The van der Waals surface area contributed by atoms with Crippen LogP contribution in [0.5, 0.6) is 0 Å².